The van der Waals surface area contributed by atoms with Crippen molar-refractivity contribution in [3.8, 4) is 17.2 Å². The number of aliphatic carboxylic acids is 1. The second-order valence-corrected chi connectivity index (χ2v) is 5.34. The van der Waals surface area contributed by atoms with Gasteiger partial charge in [0.2, 0.25) is 6.79 Å². The molecule has 2 heterocycles. The average Bonchev–Trinajstić information content (AvgIpc) is 3.12. The van der Waals surface area contributed by atoms with Crippen LogP contribution in [0.5, 0.6) is 11.5 Å². The lowest BCUT2D eigenvalue weighted by Gasteiger charge is -2.19. The van der Waals surface area contributed by atoms with Gasteiger partial charge in [0.05, 0.1) is 17.8 Å². The smallest absolute Gasteiger partial charge is 0.306 e. The van der Waals surface area contributed by atoms with Crippen LogP contribution < -0.4 is 9.47 Å². The van der Waals surface area contributed by atoms with E-state index in [0.29, 0.717) is 12.8 Å². The van der Waals surface area contributed by atoms with Crippen molar-refractivity contribution in [1.82, 2.24) is 9.78 Å². The number of aromatic nitrogens is 2. The van der Waals surface area contributed by atoms with Crippen molar-refractivity contribution in [3.63, 3.8) is 0 Å². The Morgan fingerprint density at radius 2 is 2.19 bits per heavy atom. The third kappa shape index (κ3) is 1.94. The summed E-state index contributed by atoms with van der Waals surface area (Å²) in [6.07, 6.45) is 3.70. The van der Waals surface area contributed by atoms with Crippen molar-refractivity contribution < 1.29 is 19.4 Å². The summed E-state index contributed by atoms with van der Waals surface area (Å²) in [5.41, 5.74) is 3.02. The number of hydrogen-bond acceptors (Lipinski definition) is 4. The van der Waals surface area contributed by atoms with Crippen molar-refractivity contribution in [1.29, 1.82) is 0 Å². The summed E-state index contributed by atoms with van der Waals surface area (Å²) in [5, 5.41) is 13.6. The lowest BCUT2D eigenvalue weighted by atomic mass is 9.88. The van der Waals surface area contributed by atoms with Gasteiger partial charge < -0.3 is 14.6 Å². The van der Waals surface area contributed by atoms with Crippen LogP contribution in [0.1, 0.15) is 17.7 Å². The fourth-order valence-corrected chi connectivity index (χ4v) is 2.97. The first-order valence-corrected chi connectivity index (χ1v) is 6.91. The van der Waals surface area contributed by atoms with Crippen molar-refractivity contribution >= 4 is 5.97 Å². The van der Waals surface area contributed by atoms with Crippen molar-refractivity contribution in [2.45, 2.75) is 19.3 Å². The van der Waals surface area contributed by atoms with E-state index < -0.39 is 5.97 Å². The van der Waals surface area contributed by atoms with Crippen LogP contribution in [0.15, 0.2) is 24.4 Å². The monoisotopic (exact) mass is 286 g/mol. The molecule has 0 amide bonds. The normalized spacial score (nSPS) is 19.3. The van der Waals surface area contributed by atoms with E-state index in [1.165, 1.54) is 0 Å². The third-order valence-electron chi connectivity index (χ3n) is 4.10. The molecule has 1 unspecified atom stereocenters. The van der Waals surface area contributed by atoms with Crippen LogP contribution in [0.3, 0.4) is 0 Å². The molecule has 2 aliphatic rings. The molecule has 6 nitrogen and oxygen atoms in total. The predicted octanol–water partition coefficient (Wildman–Crippen LogP) is 1.79. The van der Waals surface area contributed by atoms with E-state index in [-0.39, 0.29) is 12.7 Å². The molecular formula is C15H14N2O4. The maximum Gasteiger partial charge on any atom is 0.306 e. The second-order valence-electron chi connectivity index (χ2n) is 5.34. The topological polar surface area (TPSA) is 73.6 Å². The fraction of sp³-hybridized carbons (Fsp3) is 0.333. The van der Waals surface area contributed by atoms with Gasteiger partial charge in [-0.2, -0.15) is 5.10 Å². The highest BCUT2D eigenvalue weighted by Crippen LogP contribution is 2.35. The summed E-state index contributed by atoms with van der Waals surface area (Å²) in [7, 11) is 0. The van der Waals surface area contributed by atoms with Crippen molar-refractivity contribution in [3.05, 3.63) is 35.7 Å². The molecule has 1 N–H and O–H groups in total. The first kappa shape index (κ1) is 12.3. The molecule has 6 heteroatoms. The fourth-order valence-electron chi connectivity index (χ4n) is 2.97. The van der Waals surface area contributed by atoms with Crippen LogP contribution in [-0.2, 0) is 17.6 Å². The number of ether oxygens (including phenoxy) is 2. The minimum Gasteiger partial charge on any atom is -0.481 e. The summed E-state index contributed by atoms with van der Waals surface area (Å²) >= 11 is 0. The van der Waals surface area contributed by atoms with E-state index in [1.807, 2.05) is 22.9 Å². The lowest BCUT2D eigenvalue weighted by molar-refractivity contribution is -0.142. The molecule has 108 valence electrons. The molecule has 0 fully saturated rings. The Bertz CT molecular complexity index is 722. The minimum atomic E-state index is -0.725. The quantitative estimate of drug-likeness (QED) is 0.911. The van der Waals surface area contributed by atoms with Gasteiger partial charge >= 0.3 is 5.97 Å². The van der Waals surface area contributed by atoms with Gasteiger partial charge in [-0.25, -0.2) is 4.68 Å². The Kier molecular flexibility index (Phi) is 2.63. The number of carbonyl (C=O) groups is 1. The Balaban J connectivity index is 1.70. The van der Waals surface area contributed by atoms with Gasteiger partial charge in [0, 0.05) is 11.8 Å². The number of rotatable bonds is 2. The maximum atomic E-state index is 11.1. The number of carboxylic acids is 1. The maximum absolute atomic E-state index is 11.1. The highest BCUT2D eigenvalue weighted by molar-refractivity contribution is 5.71. The summed E-state index contributed by atoms with van der Waals surface area (Å²) < 4.78 is 12.6. The zero-order chi connectivity index (χ0) is 14.4. The van der Waals surface area contributed by atoms with Crippen LogP contribution in [0.25, 0.3) is 5.69 Å². The molecule has 1 aromatic heterocycles. The molecule has 1 aliphatic heterocycles. The van der Waals surface area contributed by atoms with Crippen LogP contribution >= 0.6 is 0 Å². The van der Waals surface area contributed by atoms with E-state index in [2.05, 4.69) is 5.10 Å². The highest BCUT2D eigenvalue weighted by atomic mass is 16.7. The molecule has 0 saturated carbocycles. The molecule has 0 saturated heterocycles. The van der Waals surface area contributed by atoms with Gasteiger partial charge in [0.1, 0.15) is 0 Å². The Morgan fingerprint density at radius 3 is 3.05 bits per heavy atom. The van der Waals surface area contributed by atoms with Crippen LogP contribution in [0.2, 0.25) is 0 Å². The number of nitrogens with zero attached hydrogens (tertiary/aromatic N) is 2. The van der Waals surface area contributed by atoms with Gasteiger partial charge in [-0.3, -0.25) is 4.79 Å². The summed E-state index contributed by atoms with van der Waals surface area (Å²) in [4.78, 5) is 11.1. The van der Waals surface area contributed by atoms with Gasteiger partial charge in [-0.05, 0) is 37.0 Å². The predicted molar refractivity (Wildman–Crippen MR) is 72.8 cm³/mol. The average molecular weight is 286 g/mol. The third-order valence-corrected chi connectivity index (χ3v) is 4.10. The molecule has 1 aromatic carbocycles. The summed E-state index contributed by atoms with van der Waals surface area (Å²) in [6, 6.07) is 5.71. The van der Waals surface area contributed by atoms with E-state index in [0.717, 1.165) is 34.9 Å². The Labute approximate surface area is 120 Å². The SMILES string of the molecule is O=C(O)C1CCc2c(cnn2-c2ccc3c(c2)OCO3)C1. The van der Waals surface area contributed by atoms with E-state index in [9.17, 15) is 4.79 Å². The molecule has 4 rings (SSSR count). The zero-order valence-corrected chi connectivity index (χ0v) is 11.3. The molecule has 21 heavy (non-hydrogen) atoms. The molecule has 0 radical (unpaired) electrons. The van der Waals surface area contributed by atoms with Crippen molar-refractivity contribution in [2.75, 3.05) is 6.79 Å². The summed E-state index contributed by atoms with van der Waals surface area (Å²) in [5.74, 6) is 0.435. The standard InChI is InChI=1S/C15H14N2O4/c18-15(19)9-1-3-12-10(5-9)7-16-17(12)11-2-4-13-14(6-11)21-8-20-13/h2,4,6-7,9H,1,3,5,8H2,(H,18,19). The molecule has 2 aromatic rings. The Morgan fingerprint density at radius 1 is 1.33 bits per heavy atom. The molecule has 1 aliphatic carbocycles. The highest BCUT2D eigenvalue weighted by Gasteiger charge is 2.27. The van der Waals surface area contributed by atoms with Crippen LogP contribution in [0.4, 0.5) is 0 Å². The minimum absolute atomic E-state index is 0.246. The largest absolute Gasteiger partial charge is 0.481 e. The molecular weight excluding hydrogens is 272 g/mol. The van der Waals surface area contributed by atoms with Crippen LogP contribution in [0, 0.1) is 5.92 Å². The van der Waals surface area contributed by atoms with Gasteiger partial charge in [0.25, 0.3) is 0 Å². The van der Waals surface area contributed by atoms with Crippen molar-refractivity contribution in [2.24, 2.45) is 5.92 Å². The van der Waals surface area contributed by atoms with E-state index >= 15 is 0 Å². The van der Waals surface area contributed by atoms with E-state index in [4.69, 9.17) is 14.6 Å². The van der Waals surface area contributed by atoms with E-state index in [1.54, 1.807) is 6.20 Å². The number of carboxylic acid groups (broad SMARTS) is 1. The number of fused-ring (bicyclic) bond motifs is 2. The molecule has 0 bridgehead atoms. The van der Waals surface area contributed by atoms with Crippen LogP contribution in [-0.4, -0.2) is 27.6 Å². The number of hydrogen-bond donors (Lipinski definition) is 1. The van der Waals surface area contributed by atoms with Gasteiger partial charge in [0.15, 0.2) is 11.5 Å². The first-order valence-electron chi connectivity index (χ1n) is 6.91. The van der Waals surface area contributed by atoms with Gasteiger partial charge in [-0.15, -0.1) is 0 Å². The van der Waals surface area contributed by atoms with Gasteiger partial charge in [-0.1, -0.05) is 0 Å². The first-order chi connectivity index (χ1) is 10.2. The Hall–Kier alpha value is -2.50. The number of benzene rings is 1. The molecule has 0 spiro atoms. The zero-order valence-electron chi connectivity index (χ0n) is 11.3. The molecule has 1 atom stereocenters. The summed E-state index contributed by atoms with van der Waals surface area (Å²) in [6.45, 7) is 0.246. The second kappa shape index (κ2) is 4.51. The lowest BCUT2D eigenvalue weighted by Crippen LogP contribution is -2.22.